The number of rotatable bonds is 5. The molecule has 34 heavy (non-hydrogen) atoms. The highest BCUT2D eigenvalue weighted by Crippen LogP contribution is 2.33. The number of thiophene rings is 1. The number of nitrogens with zero attached hydrogens (tertiary/aromatic N) is 3. The van der Waals surface area contributed by atoms with Crippen LogP contribution in [0.15, 0.2) is 12.1 Å². The van der Waals surface area contributed by atoms with Crippen molar-refractivity contribution >= 4 is 23.3 Å². The zero-order chi connectivity index (χ0) is 26.3. The normalized spacial score (nSPS) is 20.9. The van der Waals surface area contributed by atoms with Gasteiger partial charge < -0.3 is 15.1 Å². The number of carboxylic acids is 2. The van der Waals surface area contributed by atoms with Crippen LogP contribution in [-0.4, -0.2) is 102 Å². The number of carboxylic acid groups (broad SMARTS) is 2. The van der Waals surface area contributed by atoms with Gasteiger partial charge in [-0.2, -0.15) is 26.3 Å². The Morgan fingerprint density at radius 1 is 0.971 bits per heavy atom. The van der Waals surface area contributed by atoms with Gasteiger partial charge >= 0.3 is 24.3 Å². The summed E-state index contributed by atoms with van der Waals surface area (Å²) in [5.74, 6) is -5.51. The van der Waals surface area contributed by atoms with E-state index < -0.39 is 24.3 Å². The van der Waals surface area contributed by atoms with Crippen molar-refractivity contribution in [1.29, 1.82) is 0 Å². The number of hydrogen-bond acceptors (Lipinski definition) is 6. The van der Waals surface area contributed by atoms with E-state index in [0.717, 1.165) is 12.1 Å². The molecule has 0 spiro atoms. The van der Waals surface area contributed by atoms with E-state index in [-0.39, 0.29) is 0 Å². The second-order valence-corrected chi connectivity index (χ2v) is 9.51. The van der Waals surface area contributed by atoms with Crippen molar-refractivity contribution in [3.63, 3.8) is 0 Å². The number of likely N-dealkylation sites (tertiary alicyclic amines) is 2. The Kier molecular flexibility index (Phi) is 11.3. The van der Waals surface area contributed by atoms with Crippen LogP contribution in [0.1, 0.15) is 22.6 Å². The molecule has 0 saturated carbocycles. The van der Waals surface area contributed by atoms with Gasteiger partial charge in [0.1, 0.15) is 0 Å². The maximum Gasteiger partial charge on any atom is 0.490 e. The molecule has 2 fully saturated rings. The predicted octanol–water partition coefficient (Wildman–Crippen LogP) is 3.53. The third kappa shape index (κ3) is 10.2. The van der Waals surface area contributed by atoms with Gasteiger partial charge in [0.05, 0.1) is 0 Å². The van der Waals surface area contributed by atoms with E-state index in [1.807, 2.05) is 11.3 Å². The summed E-state index contributed by atoms with van der Waals surface area (Å²) >= 11 is 1.96. The summed E-state index contributed by atoms with van der Waals surface area (Å²) in [6.45, 7) is 8.38. The van der Waals surface area contributed by atoms with Crippen LogP contribution < -0.4 is 0 Å². The van der Waals surface area contributed by atoms with Crippen LogP contribution in [0.25, 0.3) is 0 Å². The number of fused-ring (bicyclic) bond motifs is 1. The monoisotopic (exact) mass is 521 g/mol. The van der Waals surface area contributed by atoms with Crippen molar-refractivity contribution in [3.8, 4) is 0 Å². The number of aliphatic carboxylic acids is 2. The zero-order valence-electron chi connectivity index (χ0n) is 19.0. The first-order valence-electron chi connectivity index (χ1n) is 10.3. The average Bonchev–Trinajstić information content (AvgIpc) is 3.38. The van der Waals surface area contributed by atoms with Crippen LogP contribution in [0.3, 0.4) is 0 Å². The first kappa shape index (κ1) is 30.1. The molecule has 0 aromatic carbocycles. The highest BCUT2D eigenvalue weighted by Gasteiger charge is 2.42. The van der Waals surface area contributed by atoms with Crippen LogP contribution in [-0.2, 0) is 16.1 Å². The minimum absolute atomic E-state index is 0.805. The van der Waals surface area contributed by atoms with Gasteiger partial charge in [0.25, 0.3) is 0 Å². The quantitative estimate of drug-likeness (QED) is 0.574. The van der Waals surface area contributed by atoms with E-state index in [0.29, 0.717) is 0 Å². The van der Waals surface area contributed by atoms with Gasteiger partial charge in [-0.25, -0.2) is 9.59 Å². The van der Waals surface area contributed by atoms with Crippen LogP contribution in [0.2, 0.25) is 0 Å². The Hall–Kier alpha value is -1.90. The molecule has 3 rings (SSSR count). The summed E-state index contributed by atoms with van der Waals surface area (Å²) in [4.78, 5) is 28.5. The molecule has 0 amide bonds. The molecule has 2 unspecified atom stereocenters. The first-order chi connectivity index (χ1) is 15.5. The van der Waals surface area contributed by atoms with Gasteiger partial charge in [0.2, 0.25) is 0 Å². The van der Waals surface area contributed by atoms with Crippen LogP contribution in [0, 0.1) is 6.92 Å². The molecule has 0 bridgehead atoms. The fourth-order valence-corrected chi connectivity index (χ4v) is 4.65. The van der Waals surface area contributed by atoms with E-state index in [2.05, 4.69) is 47.9 Å². The van der Waals surface area contributed by atoms with Gasteiger partial charge in [-0.1, -0.05) is 0 Å². The van der Waals surface area contributed by atoms with E-state index >= 15 is 0 Å². The second kappa shape index (κ2) is 12.7. The van der Waals surface area contributed by atoms with E-state index in [1.165, 1.54) is 55.3 Å². The lowest BCUT2D eigenvalue weighted by atomic mass is 10.1. The molecule has 2 atom stereocenters. The standard InChI is InChI=1S/C16H27N3S.2C2HF3O2/c1-13-4-5-14(20-13)12-19-9-7-15-16(19)6-8-18(15)11-10-17(2)3;2*3-2(4,5)1(6)7/h4-5,15-16H,6-12H2,1-3H3;2*(H,6,7). The molecule has 2 N–H and O–H groups in total. The van der Waals surface area contributed by atoms with E-state index in [4.69, 9.17) is 19.8 Å². The van der Waals surface area contributed by atoms with Crippen LogP contribution in [0.4, 0.5) is 26.3 Å². The zero-order valence-corrected chi connectivity index (χ0v) is 19.8. The molecule has 2 aliphatic heterocycles. The van der Waals surface area contributed by atoms with Crippen LogP contribution in [0.5, 0.6) is 0 Å². The molecule has 0 radical (unpaired) electrons. The van der Waals surface area contributed by atoms with Crippen molar-refractivity contribution in [1.82, 2.24) is 14.7 Å². The second-order valence-electron chi connectivity index (χ2n) is 8.14. The topological polar surface area (TPSA) is 84.3 Å². The Balaban J connectivity index is 0.000000343. The molecule has 1 aromatic rings. The van der Waals surface area contributed by atoms with Crippen molar-refractivity contribution < 1.29 is 46.1 Å². The third-order valence-electron chi connectivity index (χ3n) is 5.28. The third-order valence-corrected chi connectivity index (χ3v) is 6.27. The lowest BCUT2D eigenvalue weighted by Crippen LogP contribution is -2.39. The summed E-state index contributed by atoms with van der Waals surface area (Å²) in [6, 6.07) is 6.19. The fourth-order valence-electron chi connectivity index (χ4n) is 3.74. The van der Waals surface area contributed by atoms with E-state index in [9.17, 15) is 26.3 Å². The minimum Gasteiger partial charge on any atom is -0.475 e. The van der Waals surface area contributed by atoms with Gasteiger partial charge in [0.15, 0.2) is 0 Å². The van der Waals surface area contributed by atoms with E-state index in [1.54, 1.807) is 0 Å². The Bertz CT molecular complexity index is 776. The highest BCUT2D eigenvalue weighted by molar-refractivity contribution is 7.11. The van der Waals surface area contributed by atoms with Gasteiger partial charge in [0, 0.05) is 54.6 Å². The molecular weight excluding hydrogens is 492 g/mol. The number of likely N-dealkylation sites (N-methyl/N-ethyl adjacent to an activating group) is 1. The first-order valence-corrected chi connectivity index (χ1v) is 11.1. The maximum absolute atomic E-state index is 10.6. The predicted molar refractivity (Wildman–Crippen MR) is 114 cm³/mol. The molecule has 196 valence electrons. The van der Waals surface area contributed by atoms with Crippen molar-refractivity contribution in [3.05, 3.63) is 21.9 Å². The number of alkyl halides is 6. The molecule has 1 aromatic heterocycles. The average molecular weight is 522 g/mol. The molecule has 2 saturated heterocycles. The molecule has 0 aliphatic carbocycles. The SMILES string of the molecule is Cc1ccc(CN2CCC3C2CCN3CCN(C)C)s1.O=C(O)C(F)(F)F.O=C(O)C(F)(F)F. The Morgan fingerprint density at radius 3 is 1.79 bits per heavy atom. The lowest BCUT2D eigenvalue weighted by Gasteiger charge is -2.26. The molecule has 14 heteroatoms. The molecular formula is C20H29F6N3O4S. The summed E-state index contributed by atoms with van der Waals surface area (Å²) in [5.41, 5.74) is 0. The van der Waals surface area contributed by atoms with Gasteiger partial charge in [-0.3, -0.25) is 9.80 Å². The van der Waals surface area contributed by atoms with Crippen LogP contribution >= 0.6 is 11.3 Å². The van der Waals surface area contributed by atoms with Gasteiger partial charge in [-0.15, -0.1) is 11.3 Å². The van der Waals surface area contributed by atoms with Crippen molar-refractivity contribution in [2.75, 3.05) is 40.3 Å². The fraction of sp³-hybridized carbons (Fsp3) is 0.700. The minimum atomic E-state index is -5.08. The summed E-state index contributed by atoms with van der Waals surface area (Å²) in [7, 11) is 4.35. The Labute approximate surface area is 197 Å². The molecule has 3 heterocycles. The number of hydrogen-bond donors (Lipinski definition) is 2. The number of halogens is 6. The largest absolute Gasteiger partial charge is 0.490 e. The Morgan fingerprint density at radius 2 is 1.41 bits per heavy atom. The maximum atomic E-state index is 10.6. The molecule has 2 aliphatic rings. The molecule has 7 nitrogen and oxygen atoms in total. The summed E-state index contributed by atoms with van der Waals surface area (Å²) in [5, 5.41) is 14.2. The van der Waals surface area contributed by atoms with Gasteiger partial charge in [-0.05, 0) is 46.0 Å². The number of aryl methyl sites for hydroxylation is 1. The summed E-state index contributed by atoms with van der Waals surface area (Å²) in [6.07, 6.45) is -7.44. The lowest BCUT2D eigenvalue weighted by molar-refractivity contribution is -0.193. The summed E-state index contributed by atoms with van der Waals surface area (Å²) < 4.78 is 63.5. The smallest absolute Gasteiger partial charge is 0.475 e. The highest BCUT2D eigenvalue weighted by atomic mass is 32.1. The number of carbonyl (C=O) groups is 2. The van der Waals surface area contributed by atoms with Crippen molar-refractivity contribution in [2.45, 2.75) is 50.7 Å². The van der Waals surface area contributed by atoms with Crippen molar-refractivity contribution in [2.24, 2.45) is 0 Å².